The van der Waals surface area contributed by atoms with Crippen LogP contribution in [0.2, 0.25) is 0 Å². The second-order valence-corrected chi connectivity index (χ2v) is 6.53. The van der Waals surface area contributed by atoms with Gasteiger partial charge in [0.1, 0.15) is 0 Å². The fourth-order valence-electron chi connectivity index (χ4n) is 2.53. The topological polar surface area (TPSA) is 62.4 Å². The summed E-state index contributed by atoms with van der Waals surface area (Å²) in [6.45, 7) is 6.25. The largest absolute Gasteiger partial charge is 0.382 e. The Balaban J connectivity index is 1.86. The predicted octanol–water partition coefficient (Wildman–Crippen LogP) is 3.89. The zero-order valence-corrected chi connectivity index (χ0v) is 16.6. The Morgan fingerprint density at radius 1 is 1.15 bits per heavy atom. The summed E-state index contributed by atoms with van der Waals surface area (Å²) in [4.78, 5) is 12.3. The molecule has 0 fully saturated rings. The van der Waals surface area contributed by atoms with Gasteiger partial charge < -0.3 is 20.7 Å². The van der Waals surface area contributed by atoms with Crippen molar-refractivity contribution < 1.29 is 9.53 Å². The maximum absolute atomic E-state index is 12.3. The first-order valence-electron chi connectivity index (χ1n) is 9.18. The summed E-state index contributed by atoms with van der Waals surface area (Å²) < 4.78 is 5.30. The standard InChI is InChI=1S/C21H27N3O2S/c1-3-26-14-8-13-22-21(27)23-16(2)18-11-7-12-19(15-18)24-20(25)17-9-5-4-6-10-17/h4-7,9-12,15-16H,3,8,13-14H2,1-2H3,(H,24,25)(H2,22,23,27). The average molecular weight is 386 g/mol. The molecule has 1 atom stereocenters. The van der Waals surface area contributed by atoms with Crippen LogP contribution >= 0.6 is 12.2 Å². The molecule has 0 saturated carbocycles. The SMILES string of the molecule is CCOCCCNC(=S)NC(C)c1cccc(NC(=O)c2ccccc2)c1. The van der Waals surface area contributed by atoms with Crippen molar-refractivity contribution >= 4 is 28.9 Å². The molecular weight excluding hydrogens is 358 g/mol. The number of rotatable bonds is 9. The van der Waals surface area contributed by atoms with Gasteiger partial charge in [0.25, 0.3) is 5.91 Å². The van der Waals surface area contributed by atoms with Crippen molar-refractivity contribution in [2.45, 2.75) is 26.3 Å². The molecule has 6 heteroatoms. The van der Waals surface area contributed by atoms with Crippen LogP contribution in [0.25, 0.3) is 0 Å². The molecule has 0 aromatic heterocycles. The van der Waals surface area contributed by atoms with Crippen molar-refractivity contribution in [1.82, 2.24) is 10.6 Å². The van der Waals surface area contributed by atoms with Gasteiger partial charge in [-0.05, 0) is 62.3 Å². The van der Waals surface area contributed by atoms with E-state index in [0.717, 1.165) is 37.4 Å². The van der Waals surface area contributed by atoms with Crippen molar-refractivity contribution in [3.8, 4) is 0 Å². The summed E-state index contributed by atoms with van der Waals surface area (Å²) in [6, 6.07) is 16.9. The Labute approximate surface area is 166 Å². The first-order chi connectivity index (χ1) is 13.1. The fourth-order valence-corrected chi connectivity index (χ4v) is 2.81. The number of thiocarbonyl (C=S) groups is 1. The number of hydrogen-bond donors (Lipinski definition) is 3. The van der Waals surface area contributed by atoms with Crippen molar-refractivity contribution in [1.29, 1.82) is 0 Å². The van der Waals surface area contributed by atoms with Gasteiger partial charge in [0, 0.05) is 31.0 Å². The molecule has 0 spiro atoms. The first kappa shape index (κ1) is 20.9. The van der Waals surface area contributed by atoms with E-state index in [1.807, 2.05) is 56.3 Å². The number of benzene rings is 2. The maximum atomic E-state index is 12.3. The molecule has 0 bridgehead atoms. The van der Waals surface area contributed by atoms with E-state index in [2.05, 4.69) is 16.0 Å². The summed E-state index contributed by atoms with van der Waals surface area (Å²) >= 11 is 5.34. The summed E-state index contributed by atoms with van der Waals surface area (Å²) in [7, 11) is 0. The predicted molar refractivity (Wildman–Crippen MR) is 114 cm³/mol. The number of carbonyl (C=O) groups excluding carboxylic acids is 1. The Bertz CT molecular complexity index is 737. The molecule has 27 heavy (non-hydrogen) atoms. The Kier molecular flexibility index (Phi) is 8.74. The summed E-state index contributed by atoms with van der Waals surface area (Å²) in [5, 5.41) is 9.99. The van der Waals surface area contributed by atoms with Gasteiger partial charge in [0.2, 0.25) is 0 Å². The van der Waals surface area contributed by atoms with Crippen LogP contribution in [0.4, 0.5) is 5.69 Å². The molecule has 2 aromatic carbocycles. The molecule has 0 aliphatic heterocycles. The molecule has 0 radical (unpaired) electrons. The van der Waals surface area contributed by atoms with E-state index < -0.39 is 0 Å². The third-order valence-corrected chi connectivity index (χ3v) is 4.25. The van der Waals surface area contributed by atoms with Crippen LogP contribution in [0.3, 0.4) is 0 Å². The van der Waals surface area contributed by atoms with Crippen LogP contribution in [0.15, 0.2) is 54.6 Å². The highest BCUT2D eigenvalue weighted by Gasteiger charge is 2.09. The molecule has 144 valence electrons. The Morgan fingerprint density at radius 2 is 1.93 bits per heavy atom. The summed E-state index contributed by atoms with van der Waals surface area (Å²) in [5.41, 5.74) is 2.43. The van der Waals surface area contributed by atoms with E-state index in [1.165, 1.54) is 0 Å². The van der Waals surface area contributed by atoms with Gasteiger partial charge >= 0.3 is 0 Å². The minimum absolute atomic E-state index is 0.0190. The minimum Gasteiger partial charge on any atom is -0.382 e. The van der Waals surface area contributed by atoms with E-state index in [-0.39, 0.29) is 11.9 Å². The van der Waals surface area contributed by atoms with E-state index in [0.29, 0.717) is 10.7 Å². The molecule has 0 aliphatic carbocycles. The highest BCUT2D eigenvalue weighted by atomic mass is 32.1. The van der Waals surface area contributed by atoms with E-state index in [4.69, 9.17) is 17.0 Å². The van der Waals surface area contributed by atoms with Gasteiger partial charge in [-0.2, -0.15) is 0 Å². The van der Waals surface area contributed by atoms with Crippen molar-refractivity contribution in [2.24, 2.45) is 0 Å². The Hall–Kier alpha value is -2.44. The molecule has 1 unspecified atom stereocenters. The molecule has 0 heterocycles. The molecule has 0 saturated heterocycles. The van der Waals surface area contributed by atoms with Crippen molar-refractivity contribution in [2.75, 3.05) is 25.1 Å². The van der Waals surface area contributed by atoms with E-state index in [9.17, 15) is 4.79 Å². The molecule has 3 N–H and O–H groups in total. The summed E-state index contributed by atoms with van der Waals surface area (Å²) in [6.07, 6.45) is 0.908. The number of carbonyl (C=O) groups is 1. The number of amides is 1. The molecule has 1 amide bonds. The third-order valence-electron chi connectivity index (χ3n) is 3.98. The van der Waals surface area contributed by atoms with Gasteiger partial charge in [-0.3, -0.25) is 4.79 Å². The lowest BCUT2D eigenvalue weighted by atomic mass is 10.1. The van der Waals surface area contributed by atoms with Gasteiger partial charge in [-0.15, -0.1) is 0 Å². The number of hydrogen-bond acceptors (Lipinski definition) is 3. The average Bonchev–Trinajstić information content (AvgIpc) is 2.68. The monoisotopic (exact) mass is 385 g/mol. The van der Waals surface area contributed by atoms with E-state index in [1.54, 1.807) is 12.1 Å². The highest BCUT2D eigenvalue weighted by Crippen LogP contribution is 2.18. The summed E-state index contributed by atoms with van der Waals surface area (Å²) in [5.74, 6) is -0.125. The zero-order chi connectivity index (χ0) is 19.5. The first-order valence-corrected chi connectivity index (χ1v) is 9.59. The minimum atomic E-state index is -0.125. The second kappa shape index (κ2) is 11.3. The molecule has 0 aliphatic rings. The third kappa shape index (κ3) is 7.37. The van der Waals surface area contributed by atoms with Crippen LogP contribution in [0.1, 0.15) is 42.2 Å². The lowest BCUT2D eigenvalue weighted by Crippen LogP contribution is -2.37. The van der Waals surface area contributed by atoms with Crippen LogP contribution in [-0.2, 0) is 4.74 Å². The fraction of sp³-hybridized carbons (Fsp3) is 0.333. The normalized spacial score (nSPS) is 11.5. The highest BCUT2D eigenvalue weighted by molar-refractivity contribution is 7.80. The van der Waals surface area contributed by atoms with Gasteiger partial charge in [0.05, 0.1) is 6.04 Å². The van der Waals surface area contributed by atoms with Gasteiger partial charge in [-0.25, -0.2) is 0 Å². The number of anilines is 1. The lowest BCUT2D eigenvalue weighted by Gasteiger charge is -2.18. The van der Waals surface area contributed by atoms with Gasteiger partial charge in [0.15, 0.2) is 5.11 Å². The van der Waals surface area contributed by atoms with Crippen LogP contribution < -0.4 is 16.0 Å². The number of nitrogens with one attached hydrogen (secondary N) is 3. The number of ether oxygens (including phenoxy) is 1. The van der Waals surface area contributed by atoms with Crippen LogP contribution in [-0.4, -0.2) is 30.8 Å². The molecule has 2 aromatic rings. The molecule has 2 rings (SSSR count). The smallest absolute Gasteiger partial charge is 0.255 e. The second-order valence-electron chi connectivity index (χ2n) is 6.12. The molecule has 5 nitrogen and oxygen atoms in total. The van der Waals surface area contributed by atoms with Crippen molar-refractivity contribution in [3.63, 3.8) is 0 Å². The Morgan fingerprint density at radius 3 is 2.67 bits per heavy atom. The van der Waals surface area contributed by atoms with Crippen LogP contribution in [0.5, 0.6) is 0 Å². The maximum Gasteiger partial charge on any atom is 0.255 e. The zero-order valence-electron chi connectivity index (χ0n) is 15.8. The van der Waals surface area contributed by atoms with Gasteiger partial charge in [-0.1, -0.05) is 30.3 Å². The van der Waals surface area contributed by atoms with E-state index >= 15 is 0 Å². The quantitative estimate of drug-likeness (QED) is 0.451. The van der Waals surface area contributed by atoms with Crippen molar-refractivity contribution in [3.05, 3.63) is 65.7 Å². The lowest BCUT2D eigenvalue weighted by molar-refractivity contribution is 0.102. The molecular formula is C21H27N3O2S. The van der Waals surface area contributed by atoms with Crippen LogP contribution in [0, 0.1) is 0 Å².